The van der Waals surface area contributed by atoms with Gasteiger partial charge in [-0.1, -0.05) is 35.9 Å². The van der Waals surface area contributed by atoms with Crippen molar-refractivity contribution in [1.82, 2.24) is 5.32 Å². The number of carboxylic acid groups (broad SMARTS) is 1. The number of aryl methyl sites for hydroxylation is 1. The molecular weight excluding hydrogens is 432 g/mol. The second kappa shape index (κ2) is 9.52. The van der Waals surface area contributed by atoms with Gasteiger partial charge in [-0.3, -0.25) is 9.10 Å². The van der Waals surface area contributed by atoms with Crippen LogP contribution >= 0.6 is 0 Å². The molecule has 0 fully saturated rings. The number of anilines is 1. The largest absolute Gasteiger partial charge is 0.508 e. The Morgan fingerprint density at radius 1 is 0.969 bits per heavy atom. The average molecular weight is 455 g/mol. The highest BCUT2D eigenvalue weighted by Crippen LogP contribution is 2.26. The van der Waals surface area contributed by atoms with Gasteiger partial charge in [-0.05, 0) is 48.9 Å². The van der Waals surface area contributed by atoms with Crippen LogP contribution in [-0.4, -0.2) is 37.1 Å². The number of phenols is 1. The van der Waals surface area contributed by atoms with Gasteiger partial charge in [0, 0.05) is 12.6 Å². The highest BCUT2D eigenvalue weighted by Gasteiger charge is 2.27. The van der Waals surface area contributed by atoms with E-state index in [0.717, 1.165) is 9.87 Å². The Balaban J connectivity index is 1.84. The van der Waals surface area contributed by atoms with Gasteiger partial charge in [-0.2, -0.15) is 0 Å². The molecule has 0 aliphatic heterocycles. The molecule has 32 heavy (non-hydrogen) atoms. The predicted octanol–water partition coefficient (Wildman–Crippen LogP) is 2.91. The van der Waals surface area contributed by atoms with Gasteiger partial charge in [-0.15, -0.1) is 0 Å². The summed E-state index contributed by atoms with van der Waals surface area (Å²) in [5.41, 5.74) is 1.66. The molecule has 9 heteroatoms. The Morgan fingerprint density at radius 2 is 1.66 bits per heavy atom. The number of nitrogens with zero attached hydrogens (tertiary/aromatic N) is 1. The van der Waals surface area contributed by atoms with Crippen LogP contribution < -0.4 is 9.62 Å². The summed E-state index contributed by atoms with van der Waals surface area (Å²) < 4.78 is 27.5. The molecule has 166 valence electrons. The lowest BCUT2D eigenvalue weighted by molar-refractivity contribution is -0.119. The number of phenolic OH excluding ortho intramolecular Hbond substituents is 1. The van der Waals surface area contributed by atoms with E-state index < -0.39 is 28.4 Å². The molecule has 3 aromatic carbocycles. The smallest absolute Gasteiger partial charge is 0.335 e. The second-order valence-corrected chi connectivity index (χ2v) is 8.99. The number of carbonyl (C=O) groups is 2. The predicted molar refractivity (Wildman–Crippen MR) is 119 cm³/mol. The molecule has 8 nitrogen and oxygen atoms in total. The number of amides is 1. The van der Waals surface area contributed by atoms with Crippen LogP contribution in [0.25, 0.3) is 0 Å². The van der Waals surface area contributed by atoms with E-state index in [9.17, 15) is 23.1 Å². The fourth-order valence-corrected chi connectivity index (χ4v) is 4.41. The van der Waals surface area contributed by atoms with E-state index in [1.807, 2.05) is 6.92 Å². The summed E-state index contributed by atoms with van der Waals surface area (Å²) in [5, 5.41) is 21.5. The zero-order valence-corrected chi connectivity index (χ0v) is 18.0. The third kappa shape index (κ3) is 5.44. The van der Waals surface area contributed by atoms with Crippen LogP contribution in [0.4, 0.5) is 5.69 Å². The Kier molecular flexibility index (Phi) is 6.79. The number of hydrogen-bond acceptors (Lipinski definition) is 5. The molecule has 0 heterocycles. The molecule has 0 bridgehead atoms. The number of carboxylic acids is 1. The van der Waals surface area contributed by atoms with Crippen molar-refractivity contribution in [2.75, 3.05) is 10.8 Å². The van der Waals surface area contributed by atoms with E-state index >= 15 is 0 Å². The summed E-state index contributed by atoms with van der Waals surface area (Å²) in [5.74, 6) is -1.82. The lowest BCUT2D eigenvalue weighted by Crippen LogP contribution is -2.40. The number of aromatic hydroxyl groups is 1. The van der Waals surface area contributed by atoms with Crippen molar-refractivity contribution in [2.45, 2.75) is 18.4 Å². The van der Waals surface area contributed by atoms with Crippen LogP contribution in [0.3, 0.4) is 0 Å². The van der Waals surface area contributed by atoms with Gasteiger partial charge >= 0.3 is 5.97 Å². The number of sulfonamides is 1. The van der Waals surface area contributed by atoms with Crippen molar-refractivity contribution >= 4 is 27.6 Å². The highest BCUT2D eigenvalue weighted by atomic mass is 32.2. The van der Waals surface area contributed by atoms with Crippen molar-refractivity contribution in [3.63, 3.8) is 0 Å². The van der Waals surface area contributed by atoms with Crippen molar-refractivity contribution in [3.05, 3.63) is 89.5 Å². The van der Waals surface area contributed by atoms with Crippen molar-refractivity contribution in [1.29, 1.82) is 0 Å². The minimum absolute atomic E-state index is 0.00778. The number of aromatic carboxylic acids is 1. The molecule has 3 aromatic rings. The van der Waals surface area contributed by atoms with Crippen molar-refractivity contribution in [2.24, 2.45) is 0 Å². The first-order valence-electron chi connectivity index (χ1n) is 9.64. The fraction of sp³-hybridized carbons (Fsp3) is 0.130. The topological polar surface area (TPSA) is 124 Å². The summed E-state index contributed by atoms with van der Waals surface area (Å²) in [6.45, 7) is 1.33. The first-order chi connectivity index (χ1) is 15.2. The van der Waals surface area contributed by atoms with Crippen LogP contribution in [-0.2, 0) is 21.4 Å². The second-order valence-electron chi connectivity index (χ2n) is 7.13. The van der Waals surface area contributed by atoms with E-state index in [1.54, 1.807) is 24.3 Å². The van der Waals surface area contributed by atoms with E-state index in [-0.39, 0.29) is 28.4 Å². The van der Waals surface area contributed by atoms with Gasteiger partial charge in [0.05, 0.1) is 16.1 Å². The van der Waals surface area contributed by atoms with Gasteiger partial charge in [0.2, 0.25) is 5.91 Å². The maximum atomic E-state index is 13.3. The van der Waals surface area contributed by atoms with Crippen LogP contribution in [0.1, 0.15) is 21.5 Å². The molecule has 0 aliphatic rings. The third-order valence-electron chi connectivity index (χ3n) is 4.68. The number of nitrogens with one attached hydrogen (secondary N) is 1. The Morgan fingerprint density at radius 3 is 2.31 bits per heavy atom. The maximum absolute atomic E-state index is 13.3. The van der Waals surface area contributed by atoms with Gasteiger partial charge in [0.15, 0.2) is 0 Å². The molecule has 3 rings (SSSR count). The van der Waals surface area contributed by atoms with Crippen LogP contribution in [0.5, 0.6) is 5.75 Å². The van der Waals surface area contributed by atoms with Gasteiger partial charge in [0.1, 0.15) is 12.3 Å². The van der Waals surface area contributed by atoms with E-state index in [4.69, 9.17) is 5.11 Å². The first-order valence-corrected chi connectivity index (χ1v) is 11.1. The highest BCUT2D eigenvalue weighted by molar-refractivity contribution is 7.92. The summed E-state index contributed by atoms with van der Waals surface area (Å²) in [4.78, 5) is 23.8. The minimum Gasteiger partial charge on any atom is -0.508 e. The normalized spacial score (nSPS) is 11.0. The summed E-state index contributed by atoms with van der Waals surface area (Å²) in [7, 11) is -4.10. The monoisotopic (exact) mass is 454 g/mol. The third-order valence-corrected chi connectivity index (χ3v) is 6.47. The molecular formula is C23H22N2O6S. The SMILES string of the molecule is Cc1ccc(S(=O)(=O)N(CC(=O)NCc2cccc(C(=O)O)c2)c2cccc(O)c2)cc1. The molecule has 0 saturated heterocycles. The molecule has 0 saturated carbocycles. The van der Waals surface area contributed by atoms with Crippen LogP contribution in [0.2, 0.25) is 0 Å². The lowest BCUT2D eigenvalue weighted by Gasteiger charge is -2.24. The van der Waals surface area contributed by atoms with Crippen LogP contribution in [0, 0.1) is 6.92 Å². The van der Waals surface area contributed by atoms with E-state index in [0.29, 0.717) is 5.56 Å². The van der Waals surface area contributed by atoms with Crippen LogP contribution in [0.15, 0.2) is 77.7 Å². The van der Waals surface area contributed by atoms with Gasteiger partial charge < -0.3 is 15.5 Å². The molecule has 1 amide bonds. The Hall–Kier alpha value is -3.85. The standard InChI is InChI=1S/C23H22N2O6S/c1-16-8-10-21(11-9-16)32(30,31)25(19-6-3-7-20(26)13-19)15-22(27)24-14-17-4-2-5-18(12-17)23(28)29/h2-13,26H,14-15H2,1H3,(H,24,27)(H,28,29). The molecule has 0 spiro atoms. The van der Waals surface area contributed by atoms with Gasteiger partial charge in [0.25, 0.3) is 10.0 Å². The Labute approximate surface area is 185 Å². The molecule has 0 aliphatic carbocycles. The summed E-state index contributed by atoms with van der Waals surface area (Å²) >= 11 is 0. The first kappa shape index (κ1) is 22.8. The number of carbonyl (C=O) groups excluding carboxylic acids is 1. The number of hydrogen-bond donors (Lipinski definition) is 3. The Bertz CT molecular complexity index is 1240. The fourth-order valence-electron chi connectivity index (χ4n) is 3.00. The molecule has 0 aromatic heterocycles. The quantitative estimate of drug-likeness (QED) is 0.481. The van der Waals surface area contributed by atoms with E-state index in [2.05, 4.69) is 5.32 Å². The minimum atomic E-state index is -4.10. The molecule has 0 radical (unpaired) electrons. The number of rotatable bonds is 8. The zero-order valence-electron chi connectivity index (χ0n) is 17.2. The van der Waals surface area contributed by atoms with Crippen molar-refractivity contribution in [3.8, 4) is 5.75 Å². The molecule has 3 N–H and O–H groups in total. The lowest BCUT2D eigenvalue weighted by atomic mass is 10.1. The van der Waals surface area contributed by atoms with Gasteiger partial charge in [-0.25, -0.2) is 13.2 Å². The number of benzene rings is 3. The van der Waals surface area contributed by atoms with E-state index in [1.165, 1.54) is 48.5 Å². The maximum Gasteiger partial charge on any atom is 0.335 e. The molecule has 0 unspecified atom stereocenters. The average Bonchev–Trinajstić information content (AvgIpc) is 2.76. The summed E-state index contributed by atoms with van der Waals surface area (Å²) in [6, 6.07) is 17.9. The summed E-state index contributed by atoms with van der Waals surface area (Å²) in [6.07, 6.45) is 0. The molecule has 0 atom stereocenters. The zero-order chi connectivity index (χ0) is 23.3. The van der Waals surface area contributed by atoms with Crippen molar-refractivity contribution < 1.29 is 28.2 Å².